The molecule has 0 saturated heterocycles. The number of nitrogens with zero attached hydrogens (tertiary/aromatic N) is 1. The highest BCUT2D eigenvalue weighted by atomic mass is 16.7. The molecular formula is C26H23NO7. The van der Waals surface area contributed by atoms with E-state index in [0.717, 1.165) is 16.7 Å². The third-order valence-corrected chi connectivity index (χ3v) is 5.87. The third-order valence-electron chi connectivity index (χ3n) is 5.87. The van der Waals surface area contributed by atoms with Crippen molar-refractivity contribution < 1.29 is 33.6 Å². The van der Waals surface area contributed by atoms with E-state index in [4.69, 9.17) is 18.9 Å². The number of carboxylic acid groups (broad SMARTS) is 1. The number of carbonyl (C=O) groups is 2. The minimum Gasteiger partial charge on any atom is -0.481 e. The SMILES string of the molecule is O=C(O)COc1cc2c(cc1C1c3ccccc3CCN1C(=O)OCc1ccccc1)OCO2. The van der Waals surface area contributed by atoms with E-state index < -0.39 is 24.7 Å². The van der Waals surface area contributed by atoms with E-state index in [1.54, 1.807) is 17.0 Å². The van der Waals surface area contributed by atoms with Crippen LogP contribution in [0.1, 0.15) is 28.3 Å². The standard InChI is InChI=1S/C26H23NO7/c28-24(29)15-31-21-13-23-22(33-16-34-23)12-20(21)25-19-9-5-4-8-18(19)10-11-27(25)26(30)32-14-17-6-2-1-3-7-17/h1-9,12-13,25H,10-11,14-16H2,(H,28,29). The molecule has 2 heterocycles. The molecule has 1 N–H and O–H groups in total. The van der Waals surface area contributed by atoms with E-state index in [1.807, 2.05) is 54.6 Å². The van der Waals surface area contributed by atoms with Gasteiger partial charge in [0, 0.05) is 18.2 Å². The van der Waals surface area contributed by atoms with Gasteiger partial charge in [-0.25, -0.2) is 9.59 Å². The van der Waals surface area contributed by atoms with Gasteiger partial charge in [-0.2, -0.15) is 0 Å². The molecular weight excluding hydrogens is 438 g/mol. The van der Waals surface area contributed by atoms with Crippen molar-refractivity contribution in [3.8, 4) is 17.2 Å². The summed E-state index contributed by atoms with van der Waals surface area (Å²) >= 11 is 0. The van der Waals surface area contributed by atoms with E-state index >= 15 is 0 Å². The molecule has 3 aromatic rings. The quantitative estimate of drug-likeness (QED) is 0.589. The summed E-state index contributed by atoms with van der Waals surface area (Å²) in [6.07, 6.45) is 0.202. The van der Waals surface area contributed by atoms with Gasteiger partial charge in [0.25, 0.3) is 0 Å². The second-order valence-corrected chi connectivity index (χ2v) is 8.01. The zero-order chi connectivity index (χ0) is 23.5. The fourth-order valence-corrected chi connectivity index (χ4v) is 4.32. The van der Waals surface area contributed by atoms with Crippen LogP contribution in [-0.2, 0) is 22.6 Å². The highest BCUT2D eigenvalue weighted by Crippen LogP contribution is 2.45. The van der Waals surface area contributed by atoms with Crippen molar-refractivity contribution in [2.75, 3.05) is 19.9 Å². The Kier molecular flexibility index (Phi) is 5.95. The Morgan fingerprint density at radius 1 is 0.971 bits per heavy atom. The molecule has 0 bridgehead atoms. The van der Waals surface area contributed by atoms with Crippen molar-refractivity contribution in [2.45, 2.75) is 19.1 Å². The smallest absolute Gasteiger partial charge is 0.410 e. The number of benzene rings is 3. The molecule has 8 heteroatoms. The van der Waals surface area contributed by atoms with Gasteiger partial charge in [-0.3, -0.25) is 4.90 Å². The molecule has 34 heavy (non-hydrogen) atoms. The molecule has 2 aliphatic rings. The van der Waals surface area contributed by atoms with Crippen LogP contribution in [0.25, 0.3) is 0 Å². The van der Waals surface area contributed by atoms with Gasteiger partial charge in [0.2, 0.25) is 6.79 Å². The number of fused-ring (bicyclic) bond motifs is 2. The molecule has 0 aliphatic carbocycles. The number of hydrogen-bond acceptors (Lipinski definition) is 6. The number of aliphatic carboxylic acids is 1. The molecule has 1 unspecified atom stereocenters. The molecule has 0 radical (unpaired) electrons. The molecule has 2 aliphatic heterocycles. The van der Waals surface area contributed by atoms with Gasteiger partial charge in [-0.05, 0) is 29.2 Å². The lowest BCUT2D eigenvalue weighted by Gasteiger charge is -2.37. The van der Waals surface area contributed by atoms with Crippen LogP contribution in [0.2, 0.25) is 0 Å². The van der Waals surface area contributed by atoms with Crippen LogP contribution >= 0.6 is 0 Å². The number of carbonyl (C=O) groups excluding carboxylic acids is 1. The van der Waals surface area contributed by atoms with E-state index in [9.17, 15) is 14.7 Å². The fraction of sp³-hybridized carbons (Fsp3) is 0.231. The average Bonchev–Trinajstić information content (AvgIpc) is 3.33. The maximum atomic E-state index is 13.3. The summed E-state index contributed by atoms with van der Waals surface area (Å²) in [6.45, 7) is 0.108. The number of rotatable bonds is 6. The van der Waals surface area contributed by atoms with Crippen LogP contribution < -0.4 is 14.2 Å². The average molecular weight is 461 g/mol. The van der Waals surface area contributed by atoms with Gasteiger partial charge in [0.1, 0.15) is 12.4 Å². The van der Waals surface area contributed by atoms with E-state index in [-0.39, 0.29) is 13.4 Å². The predicted octanol–water partition coefficient (Wildman–Crippen LogP) is 4.16. The van der Waals surface area contributed by atoms with Crippen LogP contribution in [0, 0.1) is 0 Å². The Bertz CT molecular complexity index is 1210. The first kappa shape index (κ1) is 21.6. The van der Waals surface area contributed by atoms with Crippen molar-refractivity contribution in [3.05, 3.63) is 89.0 Å². The topological polar surface area (TPSA) is 94.5 Å². The molecule has 3 aromatic carbocycles. The summed E-state index contributed by atoms with van der Waals surface area (Å²) in [4.78, 5) is 26.2. The van der Waals surface area contributed by atoms with Crippen molar-refractivity contribution in [1.29, 1.82) is 0 Å². The van der Waals surface area contributed by atoms with Crippen molar-refractivity contribution in [2.24, 2.45) is 0 Å². The lowest BCUT2D eigenvalue weighted by molar-refractivity contribution is -0.139. The summed E-state index contributed by atoms with van der Waals surface area (Å²) < 4.78 is 22.3. The molecule has 0 saturated carbocycles. The summed E-state index contributed by atoms with van der Waals surface area (Å²) in [5.41, 5.74) is 3.51. The molecule has 0 aromatic heterocycles. The molecule has 8 nitrogen and oxygen atoms in total. The Hall–Kier alpha value is -4.20. The molecule has 1 amide bonds. The summed E-state index contributed by atoms with van der Waals surface area (Å²) in [6, 6.07) is 20.2. The van der Waals surface area contributed by atoms with Crippen molar-refractivity contribution in [3.63, 3.8) is 0 Å². The van der Waals surface area contributed by atoms with E-state index in [0.29, 0.717) is 35.8 Å². The summed E-state index contributed by atoms with van der Waals surface area (Å²) in [5.74, 6) is 0.186. The summed E-state index contributed by atoms with van der Waals surface area (Å²) in [5, 5.41) is 9.18. The first-order chi connectivity index (χ1) is 16.6. The fourth-order valence-electron chi connectivity index (χ4n) is 4.32. The second-order valence-electron chi connectivity index (χ2n) is 8.01. The molecule has 5 rings (SSSR count). The molecule has 174 valence electrons. The number of ether oxygens (including phenoxy) is 4. The lowest BCUT2D eigenvalue weighted by Crippen LogP contribution is -2.41. The molecule has 0 fully saturated rings. The first-order valence-corrected chi connectivity index (χ1v) is 10.9. The highest BCUT2D eigenvalue weighted by Gasteiger charge is 2.36. The summed E-state index contributed by atoms with van der Waals surface area (Å²) in [7, 11) is 0. The van der Waals surface area contributed by atoms with Gasteiger partial charge < -0.3 is 24.1 Å². The van der Waals surface area contributed by atoms with Crippen molar-refractivity contribution >= 4 is 12.1 Å². The zero-order valence-corrected chi connectivity index (χ0v) is 18.3. The minimum atomic E-state index is -1.10. The maximum Gasteiger partial charge on any atom is 0.410 e. The van der Waals surface area contributed by atoms with Crippen LogP contribution in [0.3, 0.4) is 0 Å². The minimum absolute atomic E-state index is 0.0568. The van der Waals surface area contributed by atoms with E-state index in [2.05, 4.69) is 0 Å². The lowest BCUT2D eigenvalue weighted by atomic mass is 9.88. The van der Waals surface area contributed by atoms with Crippen LogP contribution in [-0.4, -0.2) is 42.0 Å². The second kappa shape index (κ2) is 9.35. The maximum absolute atomic E-state index is 13.3. The number of carboxylic acids is 1. The van der Waals surface area contributed by atoms with E-state index in [1.165, 1.54) is 0 Å². The number of hydrogen-bond donors (Lipinski definition) is 1. The number of amides is 1. The third kappa shape index (κ3) is 4.34. The monoisotopic (exact) mass is 461 g/mol. The highest BCUT2D eigenvalue weighted by molar-refractivity contribution is 5.71. The predicted molar refractivity (Wildman–Crippen MR) is 121 cm³/mol. The molecule has 1 atom stereocenters. The first-order valence-electron chi connectivity index (χ1n) is 10.9. The van der Waals surface area contributed by atoms with Crippen LogP contribution in [0.4, 0.5) is 4.79 Å². The normalized spacial score (nSPS) is 16.0. The van der Waals surface area contributed by atoms with Gasteiger partial charge in [-0.15, -0.1) is 0 Å². The Morgan fingerprint density at radius 3 is 2.50 bits per heavy atom. The Morgan fingerprint density at radius 2 is 1.71 bits per heavy atom. The Labute approximate surface area is 196 Å². The van der Waals surface area contributed by atoms with Crippen LogP contribution in [0.15, 0.2) is 66.7 Å². The van der Waals surface area contributed by atoms with Gasteiger partial charge in [0.15, 0.2) is 18.1 Å². The van der Waals surface area contributed by atoms with Gasteiger partial charge >= 0.3 is 12.1 Å². The van der Waals surface area contributed by atoms with Gasteiger partial charge in [-0.1, -0.05) is 54.6 Å². The Balaban J connectivity index is 1.53. The molecule has 0 spiro atoms. The van der Waals surface area contributed by atoms with Crippen LogP contribution in [0.5, 0.6) is 17.2 Å². The zero-order valence-electron chi connectivity index (χ0n) is 18.3. The largest absolute Gasteiger partial charge is 0.481 e. The van der Waals surface area contributed by atoms with Gasteiger partial charge in [0.05, 0.1) is 6.04 Å². The van der Waals surface area contributed by atoms with Crippen molar-refractivity contribution in [1.82, 2.24) is 4.90 Å².